The van der Waals surface area contributed by atoms with Crippen molar-refractivity contribution >= 4 is 43.8 Å². The molecule has 0 aliphatic rings. The summed E-state index contributed by atoms with van der Waals surface area (Å²) >= 11 is 7.02. The van der Waals surface area contributed by atoms with E-state index in [-0.39, 0.29) is 12.4 Å². The van der Waals surface area contributed by atoms with Gasteiger partial charge in [-0.25, -0.2) is 4.39 Å². The molecule has 6 heteroatoms. The number of aliphatic imine (C=N–C) groups is 1. The van der Waals surface area contributed by atoms with E-state index < -0.39 is 0 Å². The van der Waals surface area contributed by atoms with Gasteiger partial charge in [0.15, 0.2) is 0 Å². The lowest BCUT2D eigenvalue weighted by Gasteiger charge is -2.12. The normalized spacial score (nSPS) is 11.0. The Morgan fingerprint density at radius 3 is 2.30 bits per heavy atom. The maximum Gasteiger partial charge on any atom is 0.148 e. The fourth-order valence-corrected chi connectivity index (χ4v) is 3.83. The summed E-state index contributed by atoms with van der Waals surface area (Å²) in [4.78, 5) is 4.46. The Balaban J connectivity index is 1.74. The number of hydrogen-bond donors (Lipinski definition) is 0. The predicted molar refractivity (Wildman–Crippen MR) is 113 cm³/mol. The molecule has 0 aromatic heterocycles. The van der Waals surface area contributed by atoms with E-state index in [4.69, 9.17) is 9.47 Å². The summed E-state index contributed by atoms with van der Waals surface area (Å²) in [7, 11) is 1.63. The number of ether oxygens (including phenoxy) is 2. The molecule has 0 fully saturated rings. The number of halogens is 3. The molecule has 0 bridgehead atoms. The summed E-state index contributed by atoms with van der Waals surface area (Å²) < 4.78 is 26.2. The van der Waals surface area contributed by atoms with Crippen LogP contribution in [0.4, 0.5) is 10.1 Å². The van der Waals surface area contributed by atoms with Crippen molar-refractivity contribution in [3.8, 4) is 11.5 Å². The molecular formula is C21H16Br2FNO2. The maximum absolute atomic E-state index is 13.7. The molecule has 0 N–H and O–H groups in total. The second kappa shape index (κ2) is 9.15. The van der Waals surface area contributed by atoms with Crippen LogP contribution in [0.5, 0.6) is 11.5 Å². The first kappa shape index (κ1) is 19.6. The smallest absolute Gasteiger partial charge is 0.148 e. The Labute approximate surface area is 174 Å². The molecular weight excluding hydrogens is 477 g/mol. The van der Waals surface area contributed by atoms with Crippen LogP contribution in [-0.2, 0) is 6.61 Å². The predicted octanol–water partition coefficient (Wildman–Crippen LogP) is 6.69. The van der Waals surface area contributed by atoms with E-state index >= 15 is 0 Å². The molecule has 0 unspecified atom stereocenters. The zero-order valence-corrected chi connectivity index (χ0v) is 17.6. The monoisotopic (exact) mass is 491 g/mol. The Morgan fingerprint density at radius 2 is 1.67 bits per heavy atom. The minimum atomic E-state index is -0.284. The van der Waals surface area contributed by atoms with E-state index in [1.54, 1.807) is 31.5 Å². The third kappa shape index (κ3) is 5.17. The molecule has 0 saturated carbocycles. The number of hydrogen-bond acceptors (Lipinski definition) is 3. The largest absolute Gasteiger partial charge is 0.497 e. The van der Waals surface area contributed by atoms with Crippen LogP contribution in [0.2, 0.25) is 0 Å². The van der Waals surface area contributed by atoms with Crippen molar-refractivity contribution in [2.75, 3.05) is 7.11 Å². The highest BCUT2D eigenvalue weighted by Gasteiger charge is 2.10. The lowest BCUT2D eigenvalue weighted by Crippen LogP contribution is -2.00. The van der Waals surface area contributed by atoms with Gasteiger partial charge in [0.1, 0.15) is 23.9 Å². The van der Waals surface area contributed by atoms with Crippen molar-refractivity contribution in [2.24, 2.45) is 4.99 Å². The number of rotatable bonds is 6. The van der Waals surface area contributed by atoms with E-state index in [2.05, 4.69) is 36.9 Å². The van der Waals surface area contributed by atoms with Crippen LogP contribution >= 0.6 is 31.9 Å². The molecule has 3 aromatic carbocycles. The van der Waals surface area contributed by atoms with Gasteiger partial charge in [0, 0.05) is 11.8 Å². The first-order chi connectivity index (χ1) is 13.1. The third-order valence-corrected chi connectivity index (χ3v) is 4.96. The van der Waals surface area contributed by atoms with Gasteiger partial charge in [-0.1, -0.05) is 18.2 Å². The van der Waals surface area contributed by atoms with Gasteiger partial charge in [0.25, 0.3) is 0 Å². The highest BCUT2D eigenvalue weighted by Crippen LogP contribution is 2.35. The molecule has 0 saturated heterocycles. The van der Waals surface area contributed by atoms with E-state index in [0.29, 0.717) is 11.3 Å². The van der Waals surface area contributed by atoms with Crippen molar-refractivity contribution in [3.63, 3.8) is 0 Å². The third-order valence-electron chi connectivity index (χ3n) is 3.79. The molecule has 0 aliphatic heterocycles. The summed E-state index contributed by atoms with van der Waals surface area (Å²) in [5.41, 5.74) is 2.21. The van der Waals surface area contributed by atoms with Crippen molar-refractivity contribution < 1.29 is 13.9 Å². The minimum Gasteiger partial charge on any atom is -0.497 e. The van der Waals surface area contributed by atoms with Crippen LogP contribution in [-0.4, -0.2) is 13.3 Å². The molecule has 0 aliphatic carbocycles. The molecule has 0 heterocycles. The Hall–Kier alpha value is -2.18. The van der Waals surface area contributed by atoms with E-state index in [9.17, 15) is 4.39 Å². The van der Waals surface area contributed by atoms with Crippen molar-refractivity contribution in [3.05, 3.63) is 86.6 Å². The van der Waals surface area contributed by atoms with Crippen LogP contribution in [0.15, 0.2) is 74.6 Å². The van der Waals surface area contributed by atoms with Crippen molar-refractivity contribution in [1.29, 1.82) is 0 Å². The van der Waals surface area contributed by atoms with Crippen LogP contribution in [0, 0.1) is 5.82 Å². The second-order valence-electron chi connectivity index (χ2n) is 5.65. The highest BCUT2D eigenvalue weighted by molar-refractivity contribution is 9.11. The van der Waals surface area contributed by atoms with E-state index in [0.717, 1.165) is 25.9 Å². The summed E-state index contributed by atoms with van der Waals surface area (Å²) in [5, 5.41) is 0. The van der Waals surface area contributed by atoms with Crippen LogP contribution in [0.3, 0.4) is 0 Å². The Bertz CT molecular complexity index is 936. The molecule has 27 heavy (non-hydrogen) atoms. The SMILES string of the molecule is COc1ccc(N=Cc2cc(Br)c(OCc3ccccc3F)c(Br)c2)cc1. The summed E-state index contributed by atoms with van der Waals surface area (Å²) in [5.74, 6) is 1.11. The topological polar surface area (TPSA) is 30.8 Å². The van der Waals surface area contributed by atoms with Gasteiger partial charge in [0.2, 0.25) is 0 Å². The zero-order valence-electron chi connectivity index (χ0n) is 14.5. The van der Waals surface area contributed by atoms with Gasteiger partial charge >= 0.3 is 0 Å². The fraction of sp³-hybridized carbons (Fsp3) is 0.0952. The standard InChI is InChI=1S/C21H16Br2FNO2/c1-26-17-8-6-16(7-9-17)25-12-14-10-18(22)21(19(23)11-14)27-13-15-4-2-3-5-20(15)24/h2-12H,13H2,1H3. The molecule has 3 aromatic rings. The molecule has 0 atom stereocenters. The minimum absolute atomic E-state index is 0.142. The summed E-state index contributed by atoms with van der Waals surface area (Å²) in [6.07, 6.45) is 1.76. The van der Waals surface area contributed by atoms with Gasteiger partial charge in [-0.05, 0) is 79.9 Å². The van der Waals surface area contributed by atoms with Gasteiger partial charge in [0.05, 0.1) is 21.7 Å². The quantitative estimate of drug-likeness (QED) is 0.359. The molecule has 0 spiro atoms. The van der Waals surface area contributed by atoms with Crippen LogP contribution in [0.1, 0.15) is 11.1 Å². The van der Waals surface area contributed by atoms with E-state index in [1.807, 2.05) is 36.4 Å². The van der Waals surface area contributed by atoms with Gasteiger partial charge in [-0.3, -0.25) is 4.99 Å². The van der Waals surface area contributed by atoms with Gasteiger partial charge in [-0.15, -0.1) is 0 Å². The molecule has 0 amide bonds. The first-order valence-electron chi connectivity index (χ1n) is 8.10. The lowest BCUT2D eigenvalue weighted by molar-refractivity contribution is 0.296. The maximum atomic E-state index is 13.7. The Kier molecular flexibility index (Phi) is 6.63. The molecule has 3 rings (SSSR count). The first-order valence-corrected chi connectivity index (χ1v) is 9.69. The Morgan fingerprint density at radius 1 is 1.00 bits per heavy atom. The van der Waals surface area contributed by atoms with Crippen molar-refractivity contribution in [1.82, 2.24) is 0 Å². The molecule has 0 radical (unpaired) electrons. The van der Waals surface area contributed by atoms with E-state index in [1.165, 1.54) is 6.07 Å². The van der Waals surface area contributed by atoms with Crippen molar-refractivity contribution in [2.45, 2.75) is 6.61 Å². The second-order valence-corrected chi connectivity index (χ2v) is 7.36. The molecule has 138 valence electrons. The van der Waals surface area contributed by atoms with Gasteiger partial charge < -0.3 is 9.47 Å². The fourth-order valence-electron chi connectivity index (χ4n) is 2.37. The highest BCUT2D eigenvalue weighted by atomic mass is 79.9. The number of nitrogens with zero attached hydrogens (tertiary/aromatic N) is 1. The average Bonchev–Trinajstić information content (AvgIpc) is 2.67. The number of methoxy groups -OCH3 is 1. The van der Waals surface area contributed by atoms with Crippen LogP contribution < -0.4 is 9.47 Å². The average molecular weight is 493 g/mol. The summed E-state index contributed by atoms with van der Waals surface area (Å²) in [6, 6.07) is 17.8. The van der Waals surface area contributed by atoms with Crippen LogP contribution in [0.25, 0.3) is 0 Å². The molecule has 3 nitrogen and oxygen atoms in total. The lowest BCUT2D eigenvalue weighted by atomic mass is 10.2. The summed E-state index contributed by atoms with van der Waals surface area (Å²) in [6.45, 7) is 0.142. The number of benzene rings is 3. The van der Waals surface area contributed by atoms with Gasteiger partial charge in [-0.2, -0.15) is 0 Å². The zero-order chi connectivity index (χ0) is 19.2.